The average Bonchev–Trinajstić information content (AvgIpc) is 3.71. The molecule has 3 N–H and O–H groups in total. The minimum absolute atomic E-state index is 0.0723. The van der Waals surface area contributed by atoms with E-state index in [9.17, 15) is 24.3 Å². The van der Waals surface area contributed by atoms with Crippen molar-refractivity contribution >= 4 is 23.9 Å². The van der Waals surface area contributed by atoms with Crippen molar-refractivity contribution in [1.82, 2.24) is 15.5 Å². The van der Waals surface area contributed by atoms with Crippen LogP contribution in [-0.2, 0) is 30.3 Å². The molecule has 0 aliphatic heterocycles. The molecule has 2 unspecified atom stereocenters. The van der Waals surface area contributed by atoms with Gasteiger partial charge in [0.2, 0.25) is 11.8 Å². The van der Waals surface area contributed by atoms with Crippen LogP contribution in [-0.4, -0.2) is 65.2 Å². The third-order valence-corrected chi connectivity index (χ3v) is 6.11. The Bertz CT molecular complexity index is 1170. The second-order valence-electron chi connectivity index (χ2n) is 10.7. The molecule has 210 valence electrons. The number of amides is 3. The van der Waals surface area contributed by atoms with Crippen LogP contribution in [0.4, 0.5) is 4.79 Å². The zero-order valence-corrected chi connectivity index (χ0v) is 23.0. The van der Waals surface area contributed by atoms with E-state index in [4.69, 9.17) is 4.74 Å². The van der Waals surface area contributed by atoms with Crippen molar-refractivity contribution in [3.63, 3.8) is 0 Å². The third-order valence-electron chi connectivity index (χ3n) is 6.11. The van der Waals surface area contributed by atoms with Crippen molar-refractivity contribution in [2.45, 2.75) is 70.7 Å². The molecule has 10 nitrogen and oxygen atoms in total. The lowest BCUT2D eigenvalue weighted by atomic mass is 9.99. The fourth-order valence-corrected chi connectivity index (χ4v) is 4.08. The highest BCUT2D eigenvalue weighted by Gasteiger charge is 2.44. The van der Waals surface area contributed by atoms with Crippen LogP contribution in [0.3, 0.4) is 0 Å². The Hall–Kier alpha value is -4.08. The number of ether oxygens (including phenoxy) is 2. The quantitative estimate of drug-likeness (QED) is 0.395. The molecule has 2 aromatic rings. The Morgan fingerprint density at radius 3 is 2.18 bits per heavy atom. The summed E-state index contributed by atoms with van der Waals surface area (Å²) in [4.78, 5) is 53.7. The van der Waals surface area contributed by atoms with Crippen molar-refractivity contribution < 1.29 is 33.8 Å². The van der Waals surface area contributed by atoms with Crippen molar-refractivity contribution in [1.29, 1.82) is 0 Å². The van der Waals surface area contributed by atoms with Gasteiger partial charge in [0.15, 0.2) is 0 Å². The predicted octanol–water partition coefficient (Wildman–Crippen LogP) is 3.16. The SMILES string of the molecule is COC(=O)CNC(=O)C(c1ccc(C)cc1)N(C(=O)C(Cc1ccc(O)cc1)NC(=O)OC(C)(C)C)C1CC1. The number of phenolic OH excluding ortho intramolecular Hbond substituents is 1. The van der Waals surface area contributed by atoms with Gasteiger partial charge in [-0.05, 0) is 63.8 Å². The van der Waals surface area contributed by atoms with Gasteiger partial charge in [0, 0.05) is 12.5 Å². The second-order valence-corrected chi connectivity index (χ2v) is 10.7. The molecular formula is C29H37N3O7. The molecule has 39 heavy (non-hydrogen) atoms. The van der Waals surface area contributed by atoms with Crippen molar-refractivity contribution in [2.75, 3.05) is 13.7 Å². The van der Waals surface area contributed by atoms with E-state index in [1.54, 1.807) is 45.0 Å². The molecule has 0 radical (unpaired) electrons. The fourth-order valence-electron chi connectivity index (χ4n) is 4.08. The van der Waals surface area contributed by atoms with Crippen molar-refractivity contribution in [3.8, 4) is 5.75 Å². The van der Waals surface area contributed by atoms with Gasteiger partial charge < -0.3 is 30.1 Å². The smallest absolute Gasteiger partial charge is 0.408 e. The summed E-state index contributed by atoms with van der Waals surface area (Å²) in [6.45, 7) is 6.73. The minimum Gasteiger partial charge on any atom is -0.508 e. The van der Waals surface area contributed by atoms with Crippen LogP contribution >= 0.6 is 0 Å². The van der Waals surface area contributed by atoms with E-state index in [2.05, 4.69) is 15.4 Å². The summed E-state index contributed by atoms with van der Waals surface area (Å²) in [5.74, 6) is -1.55. The Morgan fingerprint density at radius 2 is 1.64 bits per heavy atom. The van der Waals surface area contributed by atoms with E-state index < -0.39 is 41.6 Å². The number of esters is 1. The van der Waals surface area contributed by atoms with E-state index in [-0.39, 0.29) is 24.8 Å². The number of carbonyl (C=O) groups excluding carboxylic acids is 4. The normalized spacial score (nSPS) is 14.5. The largest absolute Gasteiger partial charge is 0.508 e. The first kappa shape index (κ1) is 29.5. The van der Waals surface area contributed by atoms with E-state index >= 15 is 0 Å². The van der Waals surface area contributed by atoms with E-state index in [1.807, 2.05) is 19.1 Å². The summed E-state index contributed by atoms with van der Waals surface area (Å²) in [5.41, 5.74) is 1.46. The van der Waals surface area contributed by atoms with Crippen LogP contribution < -0.4 is 10.6 Å². The molecule has 1 aliphatic rings. The second kappa shape index (κ2) is 12.6. The number of benzene rings is 2. The van der Waals surface area contributed by atoms with Crippen LogP contribution in [0.25, 0.3) is 0 Å². The molecule has 0 heterocycles. The van der Waals surface area contributed by atoms with Gasteiger partial charge in [-0.25, -0.2) is 4.79 Å². The Balaban J connectivity index is 1.98. The molecule has 1 aliphatic carbocycles. The lowest BCUT2D eigenvalue weighted by molar-refractivity contribution is -0.145. The van der Waals surface area contributed by atoms with E-state index in [1.165, 1.54) is 24.1 Å². The Morgan fingerprint density at radius 1 is 1.03 bits per heavy atom. The van der Waals surface area contributed by atoms with Crippen molar-refractivity contribution in [2.24, 2.45) is 0 Å². The number of aromatic hydroxyl groups is 1. The van der Waals surface area contributed by atoms with Gasteiger partial charge in [0.25, 0.3) is 0 Å². The number of alkyl carbamates (subject to hydrolysis) is 1. The Kier molecular flexibility index (Phi) is 9.56. The topological polar surface area (TPSA) is 134 Å². The van der Waals surface area contributed by atoms with Gasteiger partial charge in [-0.2, -0.15) is 0 Å². The summed E-state index contributed by atoms with van der Waals surface area (Å²) in [5, 5.41) is 15.0. The first-order valence-corrected chi connectivity index (χ1v) is 12.9. The number of methoxy groups -OCH3 is 1. The highest BCUT2D eigenvalue weighted by molar-refractivity contribution is 5.93. The summed E-state index contributed by atoms with van der Waals surface area (Å²) < 4.78 is 10.1. The molecule has 2 aromatic carbocycles. The zero-order chi connectivity index (χ0) is 28.7. The van der Waals surface area contributed by atoms with Crippen molar-refractivity contribution in [3.05, 3.63) is 65.2 Å². The standard InChI is InChI=1S/C29H37N3O7/c1-18-6-10-20(11-7-18)25(26(35)30-17-24(34)38-5)32(21-12-13-21)27(36)23(31-28(37)39-29(2,3)4)16-19-8-14-22(33)15-9-19/h6-11,14-15,21,23,25,33H,12-13,16-17H2,1-5H3,(H,30,35)(H,31,37). The fraction of sp³-hybridized carbons (Fsp3) is 0.448. The third kappa shape index (κ3) is 8.73. The van der Waals surface area contributed by atoms with E-state index in [0.717, 1.165) is 5.56 Å². The number of hydrogen-bond acceptors (Lipinski definition) is 7. The highest BCUT2D eigenvalue weighted by Crippen LogP contribution is 2.36. The summed E-state index contributed by atoms with van der Waals surface area (Å²) in [7, 11) is 1.22. The number of nitrogens with zero attached hydrogens (tertiary/aromatic N) is 1. The average molecular weight is 540 g/mol. The van der Waals surface area contributed by atoms with E-state index in [0.29, 0.717) is 24.0 Å². The molecular weight excluding hydrogens is 502 g/mol. The summed E-state index contributed by atoms with van der Waals surface area (Å²) >= 11 is 0. The first-order valence-electron chi connectivity index (χ1n) is 12.9. The number of aryl methyl sites for hydroxylation is 1. The molecule has 0 aromatic heterocycles. The van der Waals surface area contributed by atoms with Gasteiger partial charge in [-0.15, -0.1) is 0 Å². The monoisotopic (exact) mass is 539 g/mol. The van der Waals surface area contributed by atoms with Crippen LogP contribution in [0.1, 0.15) is 56.3 Å². The minimum atomic E-state index is -1.06. The molecule has 0 bridgehead atoms. The summed E-state index contributed by atoms with van der Waals surface area (Å²) in [6.07, 6.45) is 0.719. The Labute approximate surface area is 228 Å². The molecule has 1 fully saturated rings. The van der Waals surface area contributed by atoms with Gasteiger partial charge in [0.1, 0.15) is 30.0 Å². The molecule has 3 rings (SSSR count). The lowest BCUT2D eigenvalue weighted by Crippen LogP contribution is -2.54. The highest BCUT2D eigenvalue weighted by atomic mass is 16.6. The molecule has 10 heteroatoms. The first-order chi connectivity index (χ1) is 18.4. The molecule has 1 saturated carbocycles. The number of hydrogen-bond donors (Lipinski definition) is 3. The number of rotatable bonds is 10. The maximum atomic E-state index is 14.2. The van der Waals surface area contributed by atoms with Gasteiger partial charge in [-0.3, -0.25) is 14.4 Å². The maximum absolute atomic E-state index is 14.2. The molecule has 3 amide bonds. The molecule has 2 atom stereocenters. The van der Waals surface area contributed by atoms with Gasteiger partial charge in [-0.1, -0.05) is 42.0 Å². The number of carbonyl (C=O) groups is 4. The summed E-state index contributed by atoms with van der Waals surface area (Å²) in [6, 6.07) is 11.2. The molecule has 0 spiro atoms. The number of phenols is 1. The van der Waals surface area contributed by atoms with Crippen LogP contribution in [0.2, 0.25) is 0 Å². The van der Waals surface area contributed by atoms with Gasteiger partial charge in [0.05, 0.1) is 7.11 Å². The van der Waals surface area contributed by atoms with Crippen LogP contribution in [0.15, 0.2) is 48.5 Å². The van der Waals surface area contributed by atoms with Crippen LogP contribution in [0, 0.1) is 6.92 Å². The molecule has 0 saturated heterocycles. The lowest BCUT2D eigenvalue weighted by Gasteiger charge is -2.34. The maximum Gasteiger partial charge on any atom is 0.408 e. The number of nitrogens with one attached hydrogen (secondary N) is 2. The predicted molar refractivity (Wildman–Crippen MR) is 144 cm³/mol. The van der Waals surface area contributed by atoms with Crippen LogP contribution in [0.5, 0.6) is 5.75 Å². The zero-order valence-electron chi connectivity index (χ0n) is 23.0. The van der Waals surface area contributed by atoms with Gasteiger partial charge >= 0.3 is 12.1 Å².